The van der Waals surface area contributed by atoms with E-state index in [9.17, 15) is 13.2 Å². The molecule has 0 saturated heterocycles. The summed E-state index contributed by atoms with van der Waals surface area (Å²) in [5.41, 5.74) is 1.36. The Morgan fingerprint density at radius 3 is 2.80 bits per heavy atom. The number of nitrogens with zero attached hydrogens (tertiary/aromatic N) is 2. The van der Waals surface area contributed by atoms with Crippen molar-refractivity contribution in [3.63, 3.8) is 0 Å². The molecule has 134 valence electrons. The fourth-order valence-corrected chi connectivity index (χ4v) is 4.49. The van der Waals surface area contributed by atoms with Crippen LogP contribution in [-0.2, 0) is 19.1 Å². The molecule has 1 unspecified atom stereocenters. The Morgan fingerprint density at radius 1 is 1.28 bits per heavy atom. The number of alkyl halides is 3. The van der Waals surface area contributed by atoms with E-state index in [1.165, 1.54) is 36.5 Å². The SMILES string of the molecule is FC(F)(F)c1cccc(CCC2NCCn3c(C4CC4)nc(I)c32)c1. The minimum atomic E-state index is -4.29. The molecule has 0 bridgehead atoms. The zero-order valence-corrected chi connectivity index (χ0v) is 15.8. The number of fused-ring (bicyclic) bond motifs is 1. The van der Waals surface area contributed by atoms with Crippen LogP contribution in [0.2, 0.25) is 0 Å². The van der Waals surface area contributed by atoms with Gasteiger partial charge >= 0.3 is 6.18 Å². The molecule has 1 aliphatic carbocycles. The van der Waals surface area contributed by atoms with Gasteiger partial charge in [0.25, 0.3) is 0 Å². The summed E-state index contributed by atoms with van der Waals surface area (Å²) in [6.07, 6.45) is -0.468. The number of hydrogen-bond donors (Lipinski definition) is 1. The Kier molecular flexibility index (Phi) is 4.56. The van der Waals surface area contributed by atoms with Gasteiger partial charge in [0.1, 0.15) is 9.53 Å². The highest BCUT2D eigenvalue weighted by molar-refractivity contribution is 14.1. The lowest BCUT2D eigenvalue weighted by Crippen LogP contribution is -2.34. The molecule has 1 fully saturated rings. The van der Waals surface area contributed by atoms with Crippen molar-refractivity contribution in [2.75, 3.05) is 6.54 Å². The molecule has 1 N–H and O–H groups in total. The van der Waals surface area contributed by atoms with Crippen molar-refractivity contribution in [3.05, 3.63) is 50.6 Å². The number of rotatable bonds is 4. The van der Waals surface area contributed by atoms with Gasteiger partial charge < -0.3 is 9.88 Å². The summed E-state index contributed by atoms with van der Waals surface area (Å²) in [6, 6.07) is 5.81. The molecule has 1 saturated carbocycles. The quantitative estimate of drug-likeness (QED) is 0.672. The van der Waals surface area contributed by atoms with Crippen LogP contribution in [-0.4, -0.2) is 16.1 Å². The van der Waals surface area contributed by atoms with E-state index in [1.54, 1.807) is 6.07 Å². The first-order chi connectivity index (χ1) is 11.9. The highest BCUT2D eigenvalue weighted by atomic mass is 127. The van der Waals surface area contributed by atoms with Crippen LogP contribution in [0.4, 0.5) is 13.2 Å². The molecular formula is C18H19F3IN3. The molecule has 0 spiro atoms. The summed E-state index contributed by atoms with van der Waals surface area (Å²) in [5.74, 6) is 1.80. The first kappa shape index (κ1) is 17.3. The van der Waals surface area contributed by atoms with Crippen LogP contribution in [0, 0.1) is 3.70 Å². The van der Waals surface area contributed by atoms with Crippen molar-refractivity contribution in [2.24, 2.45) is 0 Å². The minimum Gasteiger partial charge on any atom is -0.328 e. The smallest absolute Gasteiger partial charge is 0.328 e. The standard InChI is InChI=1S/C18H19F3IN3/c19-18(20,21)13-3-1-2-11(10-13)4-7-14-15-16(22)24-17(12-5-6-12)25(15)9-8-23-14/h1-3,10,12,14,23H,4-9H2. The first-order valence-electron chi connectivity index (χ1n) is 8.59. The monoisotopic (exact) mass is 461 g/mol. The molecule has 0 amide bonds. The third kappa shape index (κ3) is 3.58. The van der Waals surface area contributed by atoms with E-state index >= 15 is 0 Å². The maximum Gasteiger partial charge on any atom is 0.416 e. The number of halogens is 4. The number of nitrogens with one attached hydrogen (secondary N) is 1. The van der Waals surface area contributed by atoms with Gasteiger partial charge in [-0.25, -0.2) is 4.98 Å². The van der Waals surface area contributed by atoms with E-state index in [-0.39, 0.29) is 6.04 Å². The molecule has 25 heavy (non-hydrogen) atoms. The predicted molar refractivity (Wildman–Crippen MR) is 97.4 cm³/mol. The summed E-state index contributed by atoms with van der Waals surface area (Å²) < 4.78 is 42.0. The van der Waals surface area contributed by atoms with Crippen LogP contribution in [0.3, 0.4) is 0 Å². The van der Waals surface area contributed by atoms with Crippen molar-refractivity contribution >= 4 is 22.6 Å². The lowest BCUT2D eigenvalue weighted by atomic mass is 10.0. The van der Waals surface area contributed by atoms with Crippen LogP contribution in [0.25, 0.3) is 0 Å². The zero-order chi connectivity index (χ0) is 17.6. The lowest BCUT2D eigenvalue weighted by molar-refractivity contribution is -0.137. The van der Waals surface area contributed by atoms with Crippen LogP contribution in [0.1, 0.15) is 53.9 Å². The minimum absolute atomic E-state index is 0.148. The van der Waals surface area contributed by atoms with Crippen molar-refractivity contribution in [1.29, 1.82) is 0 Å². The molecule has 0 radical (unpaired) electrons. The second kappa shape index (κ2) is 6.57. The average Bonchev–Trinajstić information content (AvgIpc) is 3.37. The zero-order valence-electron chi connectivity index (χ0n) is 13.6. The van der Waals surface area contributed by atoms with Gasteiger partial charge in [0.05, 0.1) is 17.3 Å². The molecule has 7 heteroatoms. The highest BCUT2D eigenvalue weighted by Gasteiger charge is 2.34. The number of benzene rings is 1. The number of hydrogen-bond acceptors (Lipinski definition) is 2. The molecule has 1 aromatic carbocycles. The summed E-state index contributed by atoms with van der Waals surface area (Å²) in [6.45, 7) is 1.81. The molecule has 3 nitrogen and oxygen atoms in total. The third-order valence-electron chi connectivity index (χ3n) is 4.97. The van der Waals surface area contributed by atoms with Crippen LogP contribution < -0.4 is 5.32 Å². The summed E-state index contributed by atoms with van der Waals surface area (Å²) in [7, 11) is 0. The van der Waals surface area contributed by atoms with E-state index in [2.05, 4.69) is 32.5 Å². The highest BCUT2D eigenvalue weighted by Crippen LogP contribution is 2.42. The van der Waals surface area contributed by atoms with E-state index in [0.717, 1.165) is 34.8 Å². The van der Waals surface area contributed by atoms with Crippen molar-refractivity contribution in [3.8, 4) is 0 Å². The maximum absolute atomic E-state index is 12.9. The number of imidazole rings is 1. The molecule has 1 aliphatic heterocycles. The lowest BCUT2D eigenvalue weighted by Gasteiger charge is -2.27. The van der Waals surface area contributed by atoms with E-state index < -0.39 is 11.7 Å². The summed E-state index contributed by atoms with van der Waals surface area (Å²) in [5, 5.41) is 3.52. The second-order valence-electron chi connectivity index (χ2n) is 6.82. The van der Waals surface area contributed by atoms with Gasteiger partial charge in [-0.15, -0.1) is 0 Å². The second-order valence-corrected chi connectivity index (χ2v) is 7.84. The molecule has 2 aromatic rings. The Balaban J connectivity index is 1.52. The molecule has 2 heterocycles. The van der Waals surface area contributed by atoms with Gasteiger partial charge in [0, 0.05) is 19.0 Å². The number of aryl methyl sites for hydroxylation is 1. The Labute approximate surface area is 158 Å². The Bertz CT molecular complexity index is 780. The molecule has 1 aromatic heterocycles. The number of aromatic nitrogens is 2. The molecule has 2 aliphatic rings. The van der Waals surface area contributed by atoms with Crippen molar-refractivity contribution in [2.45, 2.75) is 50.4 Å². The van der Waals surface area contributed by atoms with E-state index in [4.69, 9.17) is 4.98 Å². The Hall–Kier alpha value is -1.09. The van der Waals surface area contributed by atoms with Crippen molar-refractivity contribution in [1.82, 2.24) is 14.9 Å². The van der Waals surface area contributed by atoms with Gasteiger partial charge in [-0.3, -0.25) is 0 Å². The summed E-state index contributed by atoms with van der Waals surface area (Å²) in [4.78, 5) is 4.77. The Morgan fingerprint density at radius 2 is 2.08 bits per heavy atom. The van der Waals surface area contributed by atoms with Gasteiger partial charge in [-0.1, -0.05) is 18.2 Å². The van der Waals surface area contributed by atoms with Crippen LogP contribution >= 0.6 is 22.6 Å². The van der Waals surface area contributed by atoms with E-state index in [0.29, 0.717) is 12.3 Å². The molecule has 4 rings (SSSR count). The molecular weight excluding hydrogens is 442 g/mol. The fraction of sp³-hybridized carbons (Fsp3) is 0.500. The predicted octanol–water partition coefficient (Wildman–Crippen LogP) is 4.66. The topological polar surface area (TPSA) is 29.9 Å². The largest absolute Gasteiger partial charge is 0.416 e. The third-order valence-corrected chi connectivity index (χ3v) is 5.76. The van der Waals surface area contributed by atoms with Crippen LogP contribution in [0.15, 0.2) is 24.3 Å². The van der Waals surface area contributed by atoms with Gasteiger partial charge in [-0.2, -0.15) is 13.2 Å². The normalized spacial score (nSPS) is 20.6. The average molecular weight is 461 g/mol. The van der Waals surface area contributed by atoms with E-state index in [1.807, 2.05) is 0 Å². The van der Waals surface area contributed by atoms with Crippen molar-refractivity contribution < 1.29 is 13.2 Å². The van der Waals surface area contributed by atoms with Gasteiger partial charge in [-0.05, 0) is 59.9 Å². The van der Waals surface area contributed by atoms with Gasteiger partial charge in [0.15, 0.2) is 0 Å². The molecule has 1 atom stereocenters. The van der Waals surface area contributed by atoms with Crippen LogP contribution in [0.5, 0.6) is 0 Å². The maximum atomic E-state index is 12.9. The fourth-order valence-electron chi connectivity index (χ4n) is 3.57. The van der Waals surface area contributed by atoms with Gasteiger partial charge in [0.2, 0.25) is 0 Å². The first-order valence-corrected chi connectivity index (χ1v) is 9.66. The summed E-state index contributed by atoms with van der Waals surface area (Å²) >= 11 is 2.29.